The van der Waals surface area contributed by atoms with Gasteiger partial charge in [0.2, 0.25) is 0 Å². The zero-order valence-corrected chi connectivity index (χ0v) is 12.5. The van der Waals surface area contributed by atoms with Crippen LogP contribution in [0.1, 0.15) is 37.6 Å². The second-order valence-electron chi connectivity index (χ2n) is 5.72. The quantitative estimate of drug-likeness (QED) is 0.911. The minimum Gasteiger partial charge on any atom is -0.391 e. The Morgan fingerprint density at radius 1 is 1.26 bits per heavy atom. The van der Waals surface area contributed by atoms with Gasteiger partial charge in [-0.2, -0.15) is 5.10 Å². The molecule has 0 fully saturated rings. The van der Waals surface area contributed by atoms with Gasteiger partial charge < -0.3 is 5.11 Å². The van der Waals surface area contributed by atoms with E-state index in [1.54, 1.807) is 4.68 Å². The molecule has 0 radical (unpaired) electrons. The van der Waals surface area contributed by atoms with Crippen molar-refractivity contribution < 1.29 is 5.11 Å². The third kappa shape index (κ3) is 2.53. The van der Waals surface area contributed by atoms with E-state index < -0.39 is 0 Å². The summed E-state index contributed by atoms with van der Waals surface area (Å²) < 4.78 is 1.71. The molecular formula is C15H19ClN2O. The van der Waals surface area contributed by atoms with Crippen molar-refractivity contribution in [2.75, 3.05) is 0 Å². The number of benzene rings is 1. The Balaban J connectivity index is 2.67. The Labute approximate surface area is 118 Å². The first-order valence-corrected chi connectivity index (χ1v) is 6.68. The van der Waals surface area contributed by atoms with Crippen LogP contribution in [-0.2, 0) is 12.0 Å². The highest BCUT2D eigenvalue weighted by atomic mass is 35.5. The van der Waals surface area contributed by atoms with Gasteiger partial charge in [0.25, 0.3) is 0 Å². The molecule has 4 heteroatoms. The fourth-order valence-corrected chi connectivity index (χ4v) is 2.41. The van der Waals surface area contributed by atoms with Gasteiger partial charge in [-0.15, -0.1) is 0 Å². The molecule has 102 valence electrons. The van der Waals surface area contributed by atoms with Crippen molar-refractivity contribution >= 4 is 11.6 Å². The van der Waals surface area contributed by atoms with Crippen molar-refractivity contribution in [2.24, 2.45) is 0 Å². The molecule has 0 spiro atoms. The number of rotatable bonds is 2. The molecule has 0 saturated carbocycles. The number of aromatic nitrogens is 2. The minimum atomic E-state index is -0.157. The normalized spacial score (nSPS) is 11.9. The fourth-order valence-electron chi connectivity index (χ4n) is 2.13. The second-order valence-corrected chi connectivity index (χ2v) is 6.08. The number of halogens is 1. The van der Waals surface area contributed by atoms with Crippen LogP contribution < -0.4 is 0 Å². The Morgan fingerprint density at radius 2 is 1.89 bits per heavy atom. The second kappa shape index (κ2) is 4.99. The van der Waals surface area contributed by atoms with Crippen molar-refractivity contribution in [3.63, 3.8) is 0 Å². The number of aliphatic hydroxyl groups is 1. The van der Waals surface area contributed by atoms with Gasteiger partial charge in [-0.05, 0) is 18.6 Å². The first-order valence-electron chi connectivity index (χ1n) is 6.31. The maximum Gasteiger partial charge on any atom is 0.138 e. The van der Waals surface area contributed by atoms with Crippen LogP contribution in [0.4, 0.5) is 0 Å². The zero-order valence-electron chi connectivity index (χ0n) is 11.7. The van der Waals surface area contributed by atoms with Gasteiger partial charge in [0.1, 0.15) is 5.15 Å². The summed E-state index contributed by atoms with van der Waals surface area (Å²) >= 11 is 6.38. The monoisotopic (exact) mass is 278 g/mol. The number of para-hydroxylation sites is 1. The van der Waals surface area contributed by atoms with Crippen LogP contribution in [-0.4, -0.2) is 14.9 Å². The number of aryl methyl sites for hydroxylation is 1. The largest absolute Gasteiger partial charge is 0.391 e. The van der Waals surface area contributed by atoms with E-state index in [-0.39, 0.29) is 12.0 Å². The van der Waals surface area contributed by atoms with Gasteiger partial charge in [-0.25, -0.2) is 4.68 Å². The van der Waals surface area contributed by atoms with E-state index in [2.05, 4.69) is 25.9 Å². The highest BCUT2D eigenvalue weighted by Crippen LogP contribution is 2.32. The van der Waals surface area contributed by atoms with Crippen LogP contribution in [0.25, 0.3) is 5.69 Å². The van der Waals surface area contributed by atoms with Crippen LogP contribution >= 0.6 is 11.6 Å². The summed E-state index contributed by atoms with van der Waals surface area (Å²) in [5, 5.41) is 14.6. The predicted molar refractivity (Wildman–Crippen MR) is 77.9 cm³/mol. The molecule has 1 N–H and O–H groups in total. The Bertz CT molecular complexity index is 597. The SMILES string of the molecule is Cc1ccccc1-n1nc(C(C)(C)C)c(CO)c1Cl. The van der Waals surface area contributed by atoms with Crippen molar-refractivity contribution in [3.8, 4) is 5.69 Å². The van der Waals surface area contributed by atoms with Gasteiger partial charge in [-0.1, -0.05) is 50.6 Å². The van der Waals surface area contributed by atoms with Crippen molar-refractivity contribution in [2.45, 2.75) is 39.7 Å². The molecule has 0 aliphatic rings. The fraction of sp³-hybridized carbons (Fsp3) is 0.400. The molecule has 3 nitrogen and oxygen atoms in total. The summed E-state index contributed by atoms with van der Waals surface area (Å²) in [6, 6.07) is 7.92. The number of hydrogen-bond acceptors (Lipinski definition) is 2. The molecule has 0 saturated heterocycles. The number of nitrogens with zero attached hydrogens (tertiary/aromatic N) is 2. The number of hydrogen-bond donors (Lipinski definition) is 1. The minimum absolute atomic E-state index is 0.0999. The Hall–Kier alpha value is -1.32. The molecule has 0 unspecified atom stereocenters. The zero-order chi connectivity index (χ0) is 14.2. The number of aliphatic hydroxyl groups excluding tert-OH is 1. The van der Waals surface area contributed by atoms with Crippen LogP contribution in [0.3, 0.4) is 0 Å². The van der Waals surface area contributed by atoms with Crippen LogP contribution in [0, 0.1) is 6.92 Å². The molecule has 0 aliphatic carbocycles. The molecule has 0 bridgehead atoms. The smallest absolute Gasteiger partial charge is 0.138 e. The van der Waals surface area contributed by atoms with Gasteiger partial charge in [-0.3, -0.25) is 0 Å². The average Bonchev–Trinajstić information content (AvgIpc) is 2.67. The Kier molecular flexibility index (Phi) is 3.70. The third-order valence-electron chi connectivity index (χ3n) is 3.13. The van der Waals surface area contributed by atoms with Crippen molar-refractivity contribution in [1.29, 1.82) is 0 Å². The molecule has 2 aromatic rings. The van der Waals surface area contributed by atoms with E-state index in [0.29, 0.717) is 10.7 Å². The summed E-state index contributed by atoms with van der Waals surface area (Å²) in [6.45, 7) is 8.10. The summed E-state index contributed by atoms with van der Waals surface area (Å²) in [7, 11) is 0. The first-order chi connectivity index (χ1) is 8.86. The molecule has 1 heterocycles. The summed E-state index contributed by atoms with van der Waals surface area (Å²) in [5.74, 6) is 0. The van der Waals surface area contributed by atoms with E-state index in [0.717, 1.165) is 16.9 Å². The van der Waals surface area contributed by atoms with Gasteiger partial charge in [0.15, 0.2) is 0 Å². The third-order valence-corrected chi connectivity index (χ3v) is 3.52. The predicted octanol–water partition coefficient (Wildman–Crippen LogP) is 3.62. The lowest BCUT2D eigenvalue weighted by Gasteiger charge is -2.16. The van der Waals surface area contributed by atoms with Gasteiger partial charge >= 0.3 is 0 Å². The maximum atomic E-state index is 9.55. The summed E-state index contributed by atoms with van der Waals surface area (Å²) in [5.41, 5.74) is 3.42. The molecule has 0 aliphatic heterocycles. The van der Waals surface area contributed by atoms with Crippen LogP contribution in [0.15, 0.2) is 24.3 Å². The molecule has 0 amide bonds. The lowest BCUT2D eigenvalue weighted by atomic mass is 9.90. The van der Waals surface area contributed by atoms with E-state index >= 15 is 0 Å². The summed E-state index contributed by atoms with van der Waals surface area (Å²) in [4.78, 5) is 0. The Morgan fingerprint density at radius 3 is 2.37 bits per heavy atom. The van der Waals surface area contributed by atoms with Crippen molar-refractivity contribution in [3.05, 3.63) is 46.2 Å². The molecule has 0 atom stereocenters. The van der Waals surface area contributed by atoms with Crippen molar-refractivity contribution in [1.82, 2.24) is 9.78 Å². The average molecular weight is 279 g/mol. The highest BCUT2D eigenvalue weighted by Gasteiger charge is 2.26. The van der Waals surface area contributed by atoms with Crippen LogP contribution in [0.2, 0.25) is 5.15 Å². The topological polar surface area (TPSA) is 38.0 Å². The van der Waals surface area contributed by atoms with E-state index in [4.69, 9.17) is 11.6 Å². The standard InChI is InChI=1S/C15H19ClN2O/c1-10-7-5-6-8-12(10)18-14(16)11(9-19)13(17-18)15(2,3)4/h5-8,19H,9H2,1-4H3. The highest BCUT2D eigenvalue weighted by molar-refractivity contribution is 6.30. The van der Waals surface area contributed by atoms with E-state index in [1.807, 2.05) is 31.2 Å². The first kappa shape index (κ1) is 14.1. The molecule has 1 aromatic carbocycles. The molecule has 1 aromatic heterocycles. The van der Waals surface area contributed by atoms with E-state index in [1.165, 1.54) is 0 Å². The summed E-state index contributed by atoms with van der Waals surface area (Å²) in [6.07, 6.45) is 0. The van der Waals surface area contributed by atoms with Gasteiger partial charge in [0.05, 0.1) is 18.0 Å². The lowest BCUT2D eigenvalue weighted by Crippen LogP contribution is -2.15. The lowest BCUT2D eigenvalue weighted by molar-refractivity contribution is 0.278. The van der Waals surface area contributed by atoms with Crippen LogP contribution in [0.5, 0.6) is 0 Å². The maximum absolute atomic E-state index is 9.55. The molecule has 2 rings (SSSR count). The molecular weight excluding hydrogens is 260 g/mol. The van der Waals surface area contributed by atoms with E-state index in [9.17, 15) is 5.11 Å². The van der Waals surface area contributed by atoms with Gasteiger partial charge in [0, 0.05) is 11.0 Å². The molecule has 19 heavy (non-hydrogen) atoms.